The van der Waals surface area contributed by atoms with Crippen molar-refractivity contribution in [3.63, 3.8) is 0 Å². The monoisotopic (exact) mass is 418 g/mol. The Morgan fingerprint density at radius 3 is 2.62 bits per heavy atom. The van der Waals surface area contributed by atoms with Crippen LogP contribution in [0.5, 0.6) is 0 Å². The van der Waals surface area contributed by atoms with E-state index in [9.17, 15) is 28.1 Å². The highest BCUT2D eigenvalue weighted by molar-refractivity contribution is 7.92. The highest BCUT2D eigenvalue weighted by Gasteiger charge is 2.25. The first-order valence-electron chi connectivity index (χ1n) is 8.72. The number of benzene rings is 2. The van der Waals surface area contributed by atoms with Crippen molar-refractivity contribution in [2.45, 2.75) is 12.8 Å². The van der Waals surface area contributed by atoms with E-state index in [4.69, 9.17) is 4.74 Å². The number of nitro groups is 1. The lowest BCUT2D eigenvalue weighted by molar-refractivity contribution is -0.384. The van der Waals surface area contributed by atoms with E-state index in [1.54, 1.807) is 12.1 Å². The number of nitro benzene ring substituents is 1. The van der Waals surface area contributed by atoms with Gasteiger partial charge in [0.1, 0.15) is 0 Å². The Bertz CT molecular complexity index is 1100. The van der Waals surface area contributed by atoms with Crippen LogP contribution in [-0.4, -0.2) is 44.5 Å². The summed E-state index contributed by atoms with van der Waals surface area (Å²) in [6, 6.07) is 9.71. The van der Waals surface area contributed by atoms with Gasteiger partial charge in [0, 0.05) is 24.2 Å². The number of nitrogens with zero attached hydrogens (tertiary/aromatic N) is 2. The summed E-state index contributed by atoms with van der Waals surface area (Å²) in [5, 5.41) is 10.8. The summed E-state index contributed by atoms with van der Waals surface area (Å²) in [4.78, 5) is 34.6. The largest absolute Gasteiger partial charge is 0.454 e. The van der Waals surface area contributed by atoms with Crippen molar-refractivity contribution in [1.82, 2.24) is 0 Å². The SMILES string of the molecule is CS(=O)(=O)N1CCCc2cc(C(=O)COC(=O)c3cccc([N+](=O)[O-])c3)ccc21. The van der Waals surface area contributed by atoms with E-state index in [0.29, 0.717) is 30.6 Å². The average Bonchev–Trinajstić information content (AvgIpc) is 2.70. The van der Waals surface area contributed by atoms with Gasteiger partial charge in [0.05, 0.1) is 22.4 Å². The van der Waals surface area contributed by atoms with Gasteiger partial charge < -0.3 is 4.74 Å². The molecule has 0 saturated carbocycles. The molecule has 0 bridgehead atoms. The number of hydrogen-bond acceptors (Lipinski definition) is 7. The maximum absolute atomic E-state index is 12.4. The van der Waals surface area contributed by atoms with Crippen LogP contribution in [0.4, 0.5) is 11.4 Å². The Hall–Kier alpha value is -3.27. The van der Waals surface area contributed by atoms with Gasteiger partial charge in [-0.1, -0.05) is 6.07 Å². The molecule has 0 spiro atoms. The van der Waals surface area contributed by atoms with E-state index in [2.05, 4.69) is 0 Å². The molecule has 0 aromatic heterocycles. The third kappa shape index (κ3) is 4.60. The fourth-order valence-electron chi connectivity index (χ4n) is 3.12. The highest BCUT2D eigenvalue weighted by atomic mass is 32.2. The van der Waals surface area contributed by atoms with Crippen LogP contribution in [0, 0.1) is 10.1 Å². The Kier molecular flexibility index (Phi) is 5.64. The lowest BCUT2D eigenvalue weighted by Crippen LogP contribution is -2.34. The van der Waals surface area contributed by atoms with E-state index >= 15 is 0 Å². The lowest BCUT2D eigenvalue weighted by atomic mass is 9.99. The molecule has 0 N–H and O–H groups in total. The number of aryl methyl sites for hydroxylation is 1. The third-order valence-corrected chi connectivity index (χ3v) is 5.68. The van der Waals surface area contributed by atoms with E-state index in [1.807, 2.05) is 0 Å². The zero-order chi connectivity index (χ0) is 21.2. The van der Waals surface area contributed by atoms with E-state index < -0.39 is 33.3 Å². The molecule has 1 aliphatic rings. The Labute approximate surface area is 167 Å². The molecule has 1 aliphatic heterocycles. The van der Waals surface area contributed by atoms with Gasteiger partial charge >= 0.3 is 5.97 Å². The molecule has 0 aliphatic carbocycles. The predicted octanol–water partition coefficient (Wildman–Crippen LogP) is 2.35. The number of Topliss-reactive ketones (excluding diaryl/α,β-unsaturated/α-hetero) is 1. The molecular formula is C19H18N2O7S. The average molecular weight is 418 g/mol. The number of esters is 1. The molecule has 0 unspecified atom stereocenters. The topological polar surface area (TPSA) is 124 Å². The minimum absolute atomic E-state index is 0.0266. The molecule has 0 fully saturated rings. The predicted molar refractivity (Wildman–Crippen MR) is 105 cm³/mol. The minimum Gasteiger partial charge on any atom is -0.454 e. The number of fused-ring (bicyclic) bond motifs is 1. The number of rotatable bonds is 6. The summed E-state index contributed by atoms with van der Waals surface area (Å²) in [7, 11) is -3.40. The number of ether oxygens (including phenoxy) is 1. The molecule has 0 amide bonds. The van der Waals surface area contributed by atoms with E-state index in [-0.39, 0.29) is 11.3 Å². The fraction of sp³-hybridized carbons (Fsp3) is 0.263. The van der Waals surface area contributed by atoms with Crippen LogP contribution in [0.2, 0.25) is 0 Å². The van der Waals surface area contributed by atoms with Crippen molar-refractivity contribution in [1.29, 1.82) is 0 Å². The van der Waals surface area contributed by atoms with Crippen LogP contribution >= 0.6 is 0 Å². The number of non-ortho nitro benzene ring substituents is 1. The second kappa shape index (κ2) is 8.00. The zero-order valence-corrected chi connectivity index (χ0v) is 16.3. The zero-order valence-electron chi connectivity index (χ0n) is 15.5. The molecule has 10 heteroatoms. The van der Waals surface area contributed by atoms with E-state index in [1.165, 1.54) is 28.6 Å². The quantitative estimate of drug-likeness (QED) is 0.305. The number of carbonyl (C=O) groups excluding carboxylic acids is 2. The first-order chi connectivity index (χ1) is 13.7. The Morgan fingerprint density at radius 1 is 1.17 bits per heavy atom. The number of sulfonamides is 1. The number of carbonyl (C=O) groups is 2. The summed E-state index contributed by atoms with van der Waals surface area (Å²) >= 11 is 0. The lowest BCUT2D eigenvalue weighted by Gasteiger charge is -2.29. The molecule has 2 aromatic rings. The van der Waals surface area contributed by atoms with Gasteiger partial charge in [0.25, 0.3) is 5.69 Å². The van der Waals surface area contributed by atoms with Crippen LogP contribution in [0.3, 0.4) is 0 Å². The maximum Gasteiger partial charge on any atom is 0.338 e. The Balaban J connectivity index is 1.71. The fourth-order valence-corrected chi connectivity index (χ4v) is 4.12. The molecule has 0 radical (unpaired) electrons. The van der Waals surface area contributed by atoms with Gasteiger partial charge in [-0.2, -0.15) is 0 Å². The van der Waals surface area contributed by atoms with Gasteiger partial charge in [-0.05, 0) is 42.7 Å². The molecule has 29 heavy (non-hydrogen) atoms. The van der Waals surface area contributed by atoms with Crippen molar-refractivity contribution in [3.05, 3.63) is 69.3 Å². The second-order valence-corrected chi connectivity index (χ2v) is 8.50. The van der Waals surface area contributed by atoms with Crippen LogP contribution in [0.1, 0.15) is 32.7 Å². The third-order valence-electron chi connectivity index (χ3n) is 4.50. The van der Waals surface area contributed by atoms with Gasteiger partial charge in [0.15, 0.2) is 12.4 Å². The van der Waals surface area contributed by atoms with Crippen LogP contribution in [-0.2, 0) is 21.2 Å². The van der Waals surface area contributed by atoms with Crippen molar-refractivity contribution < 1.29 is 27.7 Å². The number of hydrogen-bond donors (Lipinski definition) is 0. The van der Waals surface area contributed by atoms with Gasteiger partial charge in [0.2, 0.25) is 10.0 Å². The molecule has 0 saturated heterocycles. The van der Waals surface area contributed by atoms with E-state index in [0.717, 1.165) is 17.9 Å². The van der Waals surface area contributed by atoms with Crippen molar-refractivity contribution in [3.8, 4) is 0 Å². The van der Waals surface area contributed by atoms with Gasteiger partial charge in [-0.25, -0.2) is 13.2 Å². The number of ketones is 1. The van der Waals surface area contributed by atoms with Crippen molar-refractivity contribution >= 4 is 33.2 Å². The first-order valence-corrected chi connectivity index (χ1v) is 10.6. The summed E-state index contributed by atoms with van der Waals surface area (Å²) in [5.74, 6) is -1.30. The molecule has 9 nitrogen and oxygen atoms in total. The smallest absolute Gasteiger partial charge is 0.338 e. The standard InChI is InChI=1S/C19H18N2O7S/c1-29(26,27)20-9-3-5-13-10-14(7-8-17(13)20)18(22)12-28-19(23)15-4-2-6-16(11-15)21(24)25/h2,4,6-8,10-11H,3,5,9,12H2,1H3. The van der Waals surface area contributed by atoms with Gasteiger partial charge in [-0.3, -0.25) is 19.2 Å². The van der Waals surface area contributed by atoms with Crippen molar-refractivity contribution in [2.24, 2.45) is 0 Å². The van der Waals surface area contributed by atoms with Crippen LogP contribution in [0.15, 0.2) is 42.5 Å². The van der Waals surface area contributed by atoms with Crippen LogP contribution < -0.4 is 4.31 Å². The summed E-state index contributed by atoms with van der Waals surface area (Å²) in [6.45, 7) is -0.143. The van der Waals surface area contributed by atoms with Crippen LogP contribution in [0.25, 0.3) is 0 Å². The second-order valence-electron chi connectivity index (χ2n) is 6.59. The Morgan fingerprint density at radius 2 is 1.93 bits per heavy atom. The van der Waals surface area contributed by atoms with Gasteiger partial charge in [-0.15, -0.1) is 0 Å². The number of anilines is 1. The first kappa shape index (κ1) is 20.5. The van der Waals surface area contributed by atoms with Crippen molar-refractivity contribution in [2.75, 3.05) is 23.7 Å². The normalized spacial score (nSPS) is 13.5. The molecule has 0 atom stereocenters. The molecular weight excluding hydrogens is 400 g/mol. The summed E-state index contributed by atoms with van der Waals surface area (Å²) in [5.41, 5.74) is 1.30. The maximum atomic E-state index is 12.4. The molecule has 1 heterocycles. The molecule has 152 valence electrons. The molecule has 3 rings (SSSR count). The highest BCUT2D eigenvalue weighted by Crippen LogP contribution is 2.30. The summed E-state index contributed by atoms with van der Waals surface area (Å²) in [6.07, 6.45) is 2.41. The summed E-state index contributed by atoms with van der Waals surface area (Å²) < 4.78 is 30.1. The molecule has 2 aromatic carbocycles. The minimum atomic E-state index is -3.40.